The van der Waals surface area contributed by atoms with E-state index in [1.165, 1.54) is 0 Å². The van der Waals surface area contributed by atoms with Gasteiger partial charge in [-0.1, -0.05) is 24.3 Å². The van der Waals surface area contributed by atoms with Crippen molar-refractivity contribution < 1.29 is 13.6 Å². The van der Waals surface area contributed by atoms with Crippen LogP contribution in [-0.2, 0) is 17.9 Å². The highest BCUT2D eigenvalue weighted by Gasteiger charge is 2.42. The van der Waals surface area contributed by atoms with Crippen molar-refractivity contribution in [1.82, 2.24) is 20.2 Å². The molecule has 2 N–H and O–H groups in total. The van der Waals surface area contributed by atoms with Crippen molar-refractivity contribution in [3.63, 3.8) is 0 Å². The van der Waals surface area contributed by atoms with Crippen molar-refractivity contribution in [2.24, 2.45) is 0 Å². The fraction of sp³-hybridized carbons (Fsp3) is 0.375. The third-order valence-electron chi connectivity index (χ3n) is 3.81. The molecule has 0 aliphatic carbocycles. The molecule has 138 valence electrons. The summed E-state index contributed by atoms with van der Waals surface area (Å²) >= 11 is 0. The van der Waals surface area contributed by atoms with E-state index in [2.05, 4.69) is 15.6 Å². The smallest absolute Gasteiger partial charge is 0.262 e. The minimum Gasteiger partial charge on any atom is -0.351 e. The van der Waals surface area contributed by atoms with Gasteiger partial charge in [0.1, 0.15) is 0 Å². The molecule has 1 aromatic carbocycles. The molecule has 2 aromatic rings. The zero-order valence-corrected chi connectivity index (χ0v) is 15.0. The SMILES string of the molecule is Cl.Cl.O=C(NCc1cccc(Cn2ccnc2)c1)C1CC(F)(F)CN1. The maximum atomic E-state index is 13.1. The highest BCUT2D eigenvalue weighted by Crippen LogP contribution is 2.25. The average Bonchev–Trinajstić information content (AvgIpc) is 3.14. The number of carbonyl (C=O) groups excluding carboxylic acids is 1. The summed E-state index contributed by atoms with van der Waals surface area (Å²) in [5, 5.41) is 5.26. The third kappa shape index (κ3) is 5.95. The zero-order chi connectivity index (χ0) is 16.3. The molecule has 2 heterocycles. The van der Waals surface area contributed by atoms with Crippen LogP contribution in [-0.4, -0.2) is 34.0 Å². The number of imidazole rings is 1. The van der Waals surface area contributed by atoms with Crippen molar-refractivity contribution >= 4 is 30.7 Å². The molecular formula is C16H20Cl2F2N4O. The predicted molar refractivity (Wildman–Crippen MR) is 95.5 cm³/mol. The first kappa shape index (κ1) is 21.3. The molecule has 1 atom stereocenters. The summed E-state index contributed by atoms with van der Waals surface area (Å²) in [6, 6.07) is 6.96. The van der Waals surface area contributed by atoms with Gasteiger partial charge in [0.2, 0.25) is 5.91 Å². The first-order chi connectivity index (χ1) is 11.0. The predicted octanol–water partition coefficient (Wildman–Crippen LogP) is 2.39. The molecular weight excluding hydrogens is 373 g/mol. The average molecular weight is 393 g/mol. The maximum Gasteiger partial charge on any atom is 0.262 e. The van der Waals surface area contributed by atoms with Crippen molar-refractivity contribution in [3.05, 3.63) is 54.1 Å². The molecule has 9 heteroatoms. The second-order valence-corrected chi connectivity index (χ2v) is 5.77. The van der Waals surface area contributed by atoms with Crippen LogP contribution in [0.5, 0.6) is 0 Å². The number of carbonyl (C=O) groups is 1. The Bertz CT molecular complexity index is 683. The lowest BCUT2D eigenvalue weighted by Crippen LogP contribution is -2.40. The van der Waals surface area contributed by atoms with Crippen LogP contribution in [0.3, 0.4) is 0 Å². The number of benzene rings is 1. The number of nitrogens with one attached hydrogen (secondary N) is 2. The van der Waals surface area contributed by atoms with Gasteiger partial charge in [0.15, 0.2) is 0 Å². The van der Waals surface area contributed by atoms with E-state index >= 15 is 0 Å². The van der Waals surface area contributed by atoms with Gasteiger partial charge in [0, 0.05) is 31.9 Å². The summed E-state index contributed by atoms with van der Waals surface area (Å²) in [5.41, 5.74) is 2.01. The summed E-state index contributed by atoms with van der Waals surface area (Å²) < 4.78 is 28.1. The topological polar surface area (TPSA) is 59.0 Å². The van der Waals surface area contributed by atoms with Crippen molar-refractivity contribution in [2.45, 2.75) is 31.5 Å². The van der Waals surface area contributed by atoms with Crippen LogP contribution in [0.15, 0.2) is 43.0 Å². The van der Waals surface area contributed by atoms with Crippen molar-refractivity contribution in [2.75, 3.05) is 6.54 Å². The van der Waals surface area contributed by atoms with E-state index in [1.54, 1.807) is 12.5 Å². The van der Waals surface area contributed by atoms with Gasteiger partial charge in [-0.15, -0.1) is 24.8 Å². The first-order valence-electron chi connectivity index (χ1n) is 7.44. The number of alkyl halides is 2. The van der Waals surface area contributed by atoms with Crippen LogP contribution < -0.4 is 10.6 Å². The lowest BCUT2D eigenvalue weighted by Gasteiger charge is -2.12. The molecule has 5 nitrogen and oxygen atoms in total. The number of amides is 1. The number of aromatic nitrogens is 2. The Morgan fingerprint density at radius 2 is 2.12 bits per heavy atom. The van der Waals surface area contributed by atoms with Crippen LogP contribution in [0.25, 0.3) is 0 Å². The molecule has 1 aliphatic heterocycles. The largest absolute Gasteiger partial charge is 0.351 e. The molecule has 25 heavy (non-hydrogen) atoms. The minimum absolute atomic E-state index is 0. The van der Waals surface area contributed by atoms with Gasteiger partial charge in [-0.05, 0) is 11.1 Å². The lowest BCUT2D eigenvalue weighted by atomic mass is 10.1. The molecule has 0 spiro atoms. The quantitative estimate of drug-likeness (QED) is 0.820. The fourth-order valence-corrected chi connectivity index (χ4v) is 2.64. The van der Waals surface area contributed by atoms with Crippen LogP contribution in [0.4, 0.5) is 8.78 Å². The molecule has 0 bridgehead atoms. The van der Waals surface area contributed by atoms with E-state index in [1.807, 2.05) is 35.0 Å². The maximum absolute atomic E-state index is 13.1. The summed E-state index contributed by atoms with van der Waals surface area (Å²) in [7, 11) is 0. The highest BCUT2D eigenvalue weighted by molar-refractivity contribution is 5.85. The standard InChI is InChI=1S/C16H18F2N4O.2ClH/c17-16(18)7-14(21-10-16)15(23)20-8-12-2-1-3-13(6-12)9-22-5-4-19-11-22;;/h1-6,11,14,21H,7-10H2,(H,20,23);2*1H. The Labute approximate surface area is 157 Å². The fourth-order valence-electron chi connectivity index (χ4n) is 2.64. The number of hydrogen-bond acceptors (Lipinski definition) is 3. The van der Waals surface area contributed by atoms with E-state index < -0.39 is 24.9 Å². The summed E-state index contributed by atoms with van der Waals surface area (Å²) in [6.07, 6.45) is 4.88. The van der Waals surface area contributed by atoms with Crippen molar-refractivity contribution in [3.8, 4) is 0 Å². The first-order valence-corrected chi connectivity index (χ1v) is 7.44. The van der Waals surface area contributed by atoms with Gasteiger partial charge in [-0.2, -0.15) is 0 Å². The van der Waals surface area contributed by atoms with Gasteiger partial charge in [0.25, 0.3) is 5.92 Å². The monoisotopic (exact) mass is 392 g/mol. The number of rotatable bonds is 5. The van der Waals surface area contributed by atoms with Crippen molar-refractivity contribution in [1.29, 1.82) is 0 Å². The highest BCUT2D eigenvalue weighted by atomic mass is 35.5. The number of hydrogen-bond donors (Lipinski definition) is 2. The van der Waals surface area contributed by atoms with E-state index in [-0.39, 0.29) is 30.7 Å². The van der Waals surface area contributed by atoms with Gasteiger partial charge >= 0.3 is 0 Å². The molecule has 1 saturated heterocycles. The summed E-state index contributed by atoms with van der Waals surface area (Å²) in [4.78, 5) is 15.9. The molecule has 1 unspecified atom stereocenters. The van der Waals surface area contributed by atoms with Crippen LogP contribution in [0.2, 0.25) is 0 Å². The lowest BCUT2D eigenvalue weighted by molar-refractivity contribution is -0.123. The zero-order valence-electron chi connectivity index (χ0n) is 13.3. The van der Waals surface area contributed by atoms with Crippen LogP contribution >= 0.6 is 24.8 Å². The normalized spacial score (nSPS) is 18.1. The molecule has 0 radical (unpaired) electrons. The van der Waals surface area contributed by atoms with E-state index in [9.17, 15) is 13.6 Å². The molecule has 1 fully saturated rings. The second-order valence-electron chi connectivity index (χ2n) is 5.77. The van der Waals surface area contributed by atoms with Gasteiger partial charge in [-0.3, -0.25) is 10.1 Å². The van der Waals surface area contributed by atoms with Gasteiger partial charge in [0.05, 0.1) is 18.9 Å². The molecule has 0 saturated carbocycles. The van der Waals surface area contributed by atoms with E-state index in [0.717, 1.165) is 11.1 Å². The molecule has 1 aliphatic rings. The molecule has 1 aromatic heterocycles. The Balaban J connectivity index is 0.00000156. The number of halogens is 4. The Hall–Kier alpha value is -1.70. The molecule has 1 amide bonds. The second kappa shape index (κ2) is 9.12. The third-order valence-corrected chi connectivity index (χ3v) is 3.81. The van der Waals surface area contributed by atoms with Crippen LogP contribution in [0, 0.1) is 0 Å². The molecule has 3 rings (SSSR count). The van der Waals surface area contributed by atoms with Gasteiger partial charge < -0.3 is 9.88 Å². The van der Waals surface area contributed by atoms with Gasteiger partial charge in [-0.25, -0.2) is 13.8 Å². The summed E-state index contributed by atoms with van der Waals surface area (Å²) in [6.45, 7) is 0.573. The Morgan fingerprint density at radius 3 is 2.76 bits per heavy atom. The Kier molecular flexibility index (Phi) is 7.79. The van der Waals surface area contributed by atoms with Crippen LogP contribution in [0.1, 0.15) is 17.5 Å². The summed E-state index contributed by atoms with van der Waals surface area (Å²) in [5.74, 6) is -3.19. The minimum atomic E-state index is -2.80. The number of nitrogens with zero attached hydrogens (tertiary/aromatic N) is 2. The van der Waals surface area contributed by atoms with E-state index in [0.29, 0.717) is 13.1 Å². The van der Waals surface area contributed by atoms with E-state index in [4.69, 9.17) is 0 Å². The Morgan fingerprint density at radius 1 is 1.36 bits per heavy atom.